The maximum atomic E-state index is 12.8. The number of fused-ring (bicyclic) bond motifs is 1. The van der Waals surface area contributed by atoms with Crippen LogP contribution >= 0.6 is 0 Å². The van der Waals surface area contributed by atoms with E-state index < -0.39 is 0 Å². The van der Waals surface area contributed by atoms with Gasteiger partial charge in [-0.05, 0) is 44.0 Å². The molecular formula is C20H27N5O2. The molecule has 1 aromatic rings. The molecule has 0 bridgehead atoms. The van der Waals surface area contributed by atoms with E-state index >= 15 is 0 Å². The number of carbonyl (C=O) groups excluding carboxylic acids is 2. The van der Waals surface area contributed by atoms with Crippen LogP contribution in [0.3, 0.4) is 0 Å². The van der Waals surface area contributed by atoms with Crippen molar-refractivity contribution in [2.24, 2.45) is 11.8 Å². The number of piperidine rings is 1. The van der Waals surface area contributed by atoms with E-state index in [1.54, 1.807) is 6.08 Å². The third-order valence-electron chi connectivity index (χ3n) is 5.80. The van der Waals surface area contributed by atoms with Gasteiger partial charge in [-0.1, -0.05) is 24.3 Å². The van der Waals surface area contributed by atoms with E-state index in [0.717, 1.165) is 42.8 Å². The maximum absolute atomic E-state index is 12.8. The number of hydrogen-bond acceptors (Lipinski definition) is 5. The Morgan fingerprint density at radius 1 is 1.26 bits per heavy atom. The van der Waals surface area contributed by atoms with Crippen molar-refractivity contribution in [3.05, 3.63) is 47.2 Å². The van der Waals surface area contributed by atoms with Crippen LogP contribution in [0.25, 0.3) is 0 Å². The lowest BCUT2D eigenvalue weighted by Gasteiger charge is -2.38. The molecular weight excluding hydrogens is 342 g/mol. The molecule has 2 saturated heterocycles. The first kappa shape index (κ1) is 18.0. The van der Waals surface area contributed by atoms with Crippen LogP contribution in [0.5, 0.6) is 0 Å². The van der Waals surface area contributed by atoms with E-state index in [9.17, 15) is 9.59 Å². The number of nitrogens with zero attached hydrogens (tertiary/aromatic N) is 1. The van der Waals surface area contributed by atoms with Crippen molar-refractivity contribution >= 4 is 11.8 Å². The predicted octanol–water partition coefficient (Wildman–Crippen LogP) is 0.387. The van der Waals surface area contributed by atoms with Crippen LogP contribution < -0.4 is 21.4 Å². The van der Waals surface area contributed by atoms with Gasteiger partial charge in [-0.15, -0.1) is 0 Å². The Morgan fingerprint density at radius 3 is 2.81 bits per heavy atom. The fourth-order valence-electron chi connectivity index (χ4n) is 4.19. The van der Waals surface area contributed by atoms with E-state index in [0.29, 0.717) is 19.0 Å². The maximum Gasteiger partial charge on any atom is 0.247 e. The molecule has 0 aliphatic carbocycles. The minimum Gasteiger partial charge on any atom is -0.352 e. The normalized spacial score (nSPS) is 25.6. The molecule has 0 aromatic heterocycles. The Morgan fingerprint density at radius 2 is 2.04 bits per heavy atom. The average molecular weight is 369 g/mol. The lowest BCUT2D eigenvalue weighted by molar-refractivity contribution is -0.127. The molecule has 2 amide bonds. The molecule has 7 heteroatoms. The first-order valence-electron chi connectivity index (χ1n) is 9.71. The molecule has 7 nitrogen and oxygen atoms in total. The highest BCUT2D eigenvalue weighted by molar-refractivity contribution is 5.90. The topological polar surface area (TPSA) is 85.5 Å². The van der Waals surface area contributed by atoms with Crippen molar-refractivity contribution in [2.45, 2.75) is 32.5 Å². The SMILES string of the molecule is Cc1ccccc1CNC(=O)C1CNN2C(C3CCNCC3)=CC(=O)NC12. The van der Waals surface area contributed by atoms with Crippen LogP contribution in [0.4, 0.5) is 0 Å². The van der Waals surface area contributed by atoms with Crippen molar-refractivity contribution in [3.8, 4) is 0 Å². The minimum absolute atomic E-state index is 0.0369. The van der Waals surface area contributed by atoms with Crippen molar-refractivity contribution in [3.63, 3.8) is 0 Å². The molecule has 3 aliphatic heterocycles. The smallest absolute Gasteiger partial charge is 0.247 e. The summed E-state index contributed by atoms with van der Waals surface area (Å²) in [6, 6.07) is 8.03. The van der Waals surface area contributed by atoms with E-state index in [1.165, 1.54) is 0 Å². The van der Waals surface area contributed by atoms with Crippen LogP contribution in [-0.2, 0) is 16.1 Å². The molecule has 3 heterocycles. The Kier molecular flexibility index (Phi) is 5.13. The van der Waals surface area contributed by atoms with Gasteiger partial charge < -0.3 is 16.0 Å². The fraction of sp³-hybridized carbons (Fsp3) is 0.500. The second kappa shape index (κ2) is 7.70. The summed E-state index contributed by atoms with van der Waals surface area (Å²) in [7, 11) is 0. The van der Waals surface area contributed by atoms with Gasteiger partial charge in [-0.25, -0.2) is 5.43 Å². The van der Waals surface area contributed by atoms with Crippen LogP contribution in [0.15, 0.2) is 36.0 Å². The highest BCUT2D eigenvalue weighted by Crippen LogP contribution is 2.31. The zero-order chi connectivity index (χ0) is 18.8. The monoisotopic (exact) mass is 369 g/mol. The Hall–Kier alpha value is -2.38. The summed E-state index contributed by atoms with van der Waals surface area (Å²) in [6.45, 7) is 4.98. The minimum atomic E-state index is -0.329. The third kappa shape index (κ3) is 3.70. The van der Waals surface area contributed by atoms with Gasteiger partial charge in [-0.2, -0.15) is 0 Å². The summed E-state index contributed by atoms with van der Waals surface area (Å²) >= 11 is 0. The van der Waals surface area contributed by atoms with E-state index in [4.69, 9.17) is 0 Å². The summed E-state index contributed by atoms with van der Waals surface area (Å²) in [5.41, 5.74) is 6.62. The second-order valence-electron chi connectivity index (χ2n) is 7.53. The largest absolute Gasteiger partial charge is 0.352 e. The highest BCUT2D eigenvalue weighted by Gasteiger charge is 2.44. The molecule has 144 valence electrons. The third-order valence-corrected chi connectivity index (χ3v) is 5.80. The molecule has 2 atom stereocenters. The van der Waals surface area contributed by atoms with Gasteiger partial charge in [-0.3, -0.25) is 14.6 Å². The summed E-state index contributed by atoms with van der Waals surface area (Å²) < 4.78 is 0. The highest BCUT2D eigenvalue weighted by atomic mass is 16.2. The lowest BCUT2D eigenvalue weighted by atomic mass is 9.92. The molecule has 2 fully saturated rings. The number of allylic oxidation sites excluding steroid dienone is 1. The number of hydrazine groups is 1. The Balaban J connectivity index is 1.43. The average Bonchev–Trinajstić information content (AvgIpc) is 3.11. The van der Waals surface area contributed by atoms with Gasteiger partial charge >= 0.3 is 0 Å². The van der Waals surface area contributed by atoms with Crippen LogP contribution in [0.1, 0.15) is 24.0 Å². The zero-order valence-corrected chi connectivity index (χ0v) is 15.6. The van der Waals surface area contributed by atoms with Crippen LogP contribution in [-0.4, -0.2) is 42.6 Å². The first-order chi connectivity index (χ1) is 13.1. The number of aryl methyl sites for hydroxylation is 1. The van der Waals surface area contributed by atoms with Gasteiger partial charge in [0.1, 0.15) is 6.17 Å². The second-order valence-corrected chi connectivity index (χ2v) is 7.53. The standard InChI is InChI=1S/C20H27N5O2/c1-13-4-2-3-5-15(13)11-22-20(27)16-12-23-25-17(10-18(26)24-19(16)25)14-6-8-21-9-7-14/h2-5,10,14,16,19,21,23H,6-9,11-12H2,1H3,(H,22,27)(H,24,26). The number of benzene rings is 1. The van der Waals surface area contributed by atoms with Gasteiger partial charge in [0, 0.05) is 30.8 Å². The number of carbonyl (C=O) groups is 2. The van der Waals surface area contributed by atoms with Crippen molar-refractivity contribution in [1.82, 2.24) is 26.4 Å². The number of nitrogens with one attached hydrogen (secondary N) is 4. The van der Waals surface area contributed by atoms with Gasteiger partial charge in [0.25, 0.3) is 0 Å². The molecule has 4 N–H and O–H groups in total. The molecule has 3 aliphatic rings. The van der Waals surface area contributed by atoms with Crippen molar-refractivity contribution in [2.75, 3.05) is 19.6 Å². The number of hydrogen-bond donors (Lipinski definition) is 4. The van der Waals surface area contributed by atoms with Gasteiger partial charge in [0.2, 0.25) is 11.8 Å². The predicted molar refractivity (Wildman–Crippen MR) is 102 cm³/mol. The number of rotatable bonds is 4. The summed E-state index contributed by atoms with van der Waals surface area (Å²) in [5, 5.41) is 11.4. The summed E-state index contributed by atoms with van der Waals surface area (Å²) in [6.07, 6.45) is 3.37. The van der Waals surface area contributed by atoms with E-state index in [1.807, 2.05) is 36.2 Å². The molecule has 4 rings (SSSR count). The van der Waals surface area contributed by atoms with Gasteiger partial charge in [0.15, 0.2) is 0 Å². The molecule has 0 spiro atoms. The summed E-state index contributed by atoms with van der Waals surface area (Å²) in [5.74, 6) is -0.111. The van der Waals surface area contributed by atoms with Crippen molar-refractivity contribution in [1.29, 1.82) is 0 Å². The van der Waals surface area contributed by atoms with Crippen LogP contribution in [0.2, 0.25) is 0 Å². The molecule has 0 radical (unpaired) electrons. The lowest BCUT2D eigenvalue weighted by Crippen LogP contribution is -2.56. The fourth-order valence-corrected chi connectivity index (χ4v) is 4.19. The first-order valence-corrected chi connectivity index (χ1v) is 9.71. The molecule has 2 unspecified atom stereocenters. The quantitative estimate of drug-likeness (QED) is 0.617. The Labute approximate surface area is 159 Å². The van der Waals surface area contributed by atoms with Crippen molar-refractivity contribution < 1.29 is 9.59 Å². The number of amides is 2. The summed E-state index contributed by atoms with van der Waals surface area (Å²) in [4.78, 5) is 25.1. The van der Waals surface area contributed by atoms with Crippen LogP contribution in [0, 0.1) is 18.8 Å². The molecule has 27 heavy (non-hydrogen) atoms. The van der Waals surface area contributed by atoms with Gasteiger partial charge in [0.05, 0.1) is 5.92 Å². The molecule has 0 saturated carbocycles. The molecule has 1 aromatic carbocycles. The Bertz CT molecular complexity index is 756. The zero-order valence-electron chi connectivity index (χ0n) is 15.6. The van der Waals surface area contributed by atoms with E-state index in [-0.39, 0.29) is 23.9 Å². The van der Waals surface area contributed by atoms with E-state index in [2.05, 4.69) is 21.4 Å².